The van der Waals surface area contributed by atoms with Crippen LogP contribution >= 0.6 is 15.9 Å². The van der Waals surface area contributed by atoms with Crippen LogP contribution in [0.15, 0.2) is 46.9 Å². The molecule has 3 rings (SSSR count). The number of halogens is 1. The first-order valence-corrected chi connectivity index (χ1v) is 8.67. The fourth-order valence-corrected chi connectivity index (χ4v) is 3.31. The minimum absolute atomic E-state index is 0.0158. The highest BCUT2D eigenvalue weighted by Gasteiger charge is 2.35. The molecule has 1 atom stereocenters. The maximum Gasteiger partial charge on any atom is 0.229 e. The zero-order valence-electron chi connectivity index (χ0n) is 13.7. The van der Waals surface area contributed by atoms with Crippen LogP contribution in [-0.4, -0.2) is 18.4 Å². The van der Waals surface area contributed by atoms with Gasteiger partial charge in [0.2, 0.25) is 11.8 Å². The summed E-state index contributed by atoms with van der Waals surface area (Å²) in [5.41, 5.74) is 3.81. The molecule has 1 N–H and O–H groups in total. The number of nitrogens with zero attached hydrogens (tertiary/aromatic N) is 1. The summed E-state index contributed by atoms with van der Waals surface area (Å²) in [5.74, 6) is -0.451. The van der Waals surface area contributed by atoms with E-state index in [0.717, 1.165) is 27.0 Å². The third-order valence-electron chi connectivity index (χ3n) is 4.12. The molecule has 1 heterocycles. The number of anilines is 2. The van der Waals surface area contributed by atoms with Crippen molar-refractivity contribution >= 4 is 39.1 Å². The van der Waals surface area contributed by atoms with Gasteiger partial charge in [0.1, 0.15) is 0 Å². The van der Waals surface area contributed by atoms with Gasteiger partial charge in [-0.1, -0.05) is 22.0 Å². The minimum atomic E-state index is -0.332. The van der Waals surface area contributed by atoms with E-state index in [4.69, 9.17) is 0 Å². The number of aryl methyl sites for hydroxylation is 2. The van der Waals surface area contributed by atoms with Crippen LogP contribution < -0.4 is 10.2 Å². The van der Waals surface area contributed by atoms with Gasteiger partial charge in [0.25, 0.3) is 0 Å². The van der Waals surface area contributed by atoms with Crippen LogP contribution in [0.5, 0.6) is 0 Å². The molecule has 0 radical (unpaired) electrons. The van der Waals surface area contributed by atoms with Gasteiger partial charge in [-0.3, -0.25) is 9.59 Å². The smallest absolute Gasteiger partial charge is 0.229 e. The SMILES string of the molecule is Cc1cc(C)cc(NC(=O)C2CC(=O)N(c3ccc(Br)cc3)C2)c1. The molecule has 4 nitrogen and oxygen atoms in total. The first-order valence-electron chi connectivity index (χ1n) is 7.87. The molecule has 0 saturated carbocycles. The van der Waals surface area contributed by atoms with E-state index >= 15 is 0 Å². The van der Waals surface area contributed by atoms with Gasteiger partial charge in [-0.05, 0) is 61.4 Å². The predicted molar refractivity (Wildman–Crippen MR) is 99.1 cm³/mol. The molecule has 1 aliphatic heterocycles. The lowest BCUT2D eigenvalue weighted by Crippen LogP contribution is -2.28. The highest BCUT2D eigenvalue weighted by molar-refractivity contribution is 9.10. The Kier molecular flexibility index (Phi) is 4.71. The van der Waals surface area contributed by atoms with Crippen LogP contribution in [-0.2, 0) is 9.59 Å². The lowest BCUT2D eigenvalue weighted by Gasteiger charge is -2.17. The number of nitrogens with one attached hydrogen (secondary N) is 1. The van der Waals surface area contributed by atoms with E-state index in [9.17, 15) is 9.59 Å². The van der Waals surface area contributed by atoms with Crippen LogP contribution in [0, 0.1) is 19.8 Å². The second-order valence-corrected chi connectivity index (χ2v) is 7.16. The quantitative estimate of drug-likeness (QED) is 0.864. The average molecular weight is 387 g/mol. The van der Waals surface area contributed by atoms with Crippen molar-refractivity contribution < 1.29 is 9.59 Å². The molecule has 0 bridgehead atoms. The number of hydrogen-bond donors (Lipinski definition) is 1. The summed E-state index contributed by atoms with van der Waals surface area (Å²) in [6.45, 7) is 4.41. The Labute approximate surface area is 150 Å². The van der Waals surface area contributed by atoms with Crippen molar-refractivity contribution in [1.29, 1.82) is 0 Å². The van der Waals surface area contributed by atoms with Gasteiger partial charge < -0.3 is 10.2 Å². The van der Waals surface area contributed by atoms with Crippen LogP contribution in [0.3, 0.4) is 0 Å². The third kappa shape index (κ3) is 3.67. The Hall–Kier alpha value is -2.14. The summed E-state index contributed by atoms with van der Waals surface area (Å²) in [4.78, 5) is 26.5. The standard InChI is InChI=1S/C19H19BrN2O2/c1-12-7-13(2)9-16(8-12)21-19(24)14-10-18(23)22(11-14)17-5-3-15(20)4-6-17/h3-9,14H,10-11H2,1-2H3,(H,21,24). The predicted octanol–water partition coefficient (Wildman–Crippen LogP) is 4.06. The fraction of sp³-hybridized carbons (Fsp3) is 0.263. The second kappa shape index (κ2) is 6.77. The van der Waals surface area contributed by atoms with E-state index in [-0.39, 0.29) is 24.2 Å². The second-order valence-electron chi connectivity index (χ2n) is 6.25. The largest absolute Gasteiger partial charge is 0.326 e. The van der Waals surface area contributed by atoms with Gasteiger partial charge in [0.05, 0.1) is 5.92 Å². The van der Waals surface area contributed by atoms with Gasteiger partial charge in [0.15, 0.2) is 0 Å². The molecule has 0 aromatic heterocycles. The number of benzene rings is 2. The number of amides is 2. The zero-order chi connectivity index (χ0) is 17.3. The Morgan fingerprint density at radius 3 is 2.38 bits per heavy atom. The van der Waals surface area contributed by atoms with E-state index in [2.05, 4.69) is 27.3 Å². The fourth-order valence-electron chi connectivity index (χ4n) is 3.04. The zero-order valence-corrected chi connectivity index (χ0v) is 15.3. The molecule has 1 fully saturated rings. The highest BCUT2D eigenvalue weighted by atomic mass is 79.9. The first kappa shape index (κ1) is 16.7. The molecule has 0 spiro atoms. The molecule has 0 aliphatic carbocycles. The first-order chi connectivity index (χ1) is 11.4. The molecule has 1 aliphatic rings. The van der Waals surface area contributed by atoms with Gasteiger partial charge in [-0.2, -0.15) is 0 Å². The van der Waals surface area contributed by atoms with Crippen molar-refractivity contribution in [2.24, 2.45) is 5.92 Å². The Morgan fingerprint density at radius 2 is 1.75 bits per heavy atom. The molecule has 2 aromatic carbocycles. The molecule has 2 amide bonds. The van der Waals surface area contributed by atoms with Gasteiger partial charge in [-0.25, -0.2) is 0 Å². The summed E-state index contributed by atoms with van der Waals surface area (Å²) in [6, 6.07) is 13.5. The maximum absolute atomic E-state index is 12.5. The molecule has 2 aromatic rings. The summed E-state index contributed by atoms with van der Waals surface area (Å²) < 4.78 is 0.960. The number of hydrogen-bond acceptors (Lipinski definition) is 2. The number of carbonyl (C=O) groups excluding carboxylic acids is 2. The van der Waals surface area contributed by atoms with E-state index in [1.807, 2.05) is 50.2 Å². The Balaban J connectivity index is 1.70. The third-order valence-corrected chi connectivity index (χ3v) is 4.65. The molecular formula is C19H19BrN2O2. The molecule has 124 valence electrons. The van der Waals surface area contributed by atoms with Crippen molar-refractivity contribution in [1.82, 2.24) is 0 Å². The lowest BCUT2D eigenvalue weighted by atomic mass is 10.1. The van der Waals surface area contributed by atoms with Gasteiger partial charge >= 0.3 is 0 Å². The molecule has 24 heavy (non-hydrogen) atoms. The van der Waals surface area contributed by atoms with Gasteiger partial charge in [-0.15, -0.1) is 0 Å². The summed E-state index contributed by atoms with van der Waals surface area (Å²) in [7, 11) is 0. The normalized spacial score (nSPS) is 17.2. The van der Waals surface area contributed by atoms with Crippen LogP contribution in [0.2, 0.25) is 0 Å². The highest BCUT2D eigenvalue weighted by Crippen LogP contribution is 2.27. The van der Waals surface area contributed by atoms with Crippen molar-refractivity contribution in [3.05, 3.63) is 58.1 Å². The monoisotopic (exact) mass is 386 g/mol. The van der Waals surface area contributed by atoms with Crippen LogP contribution in [0.4, 0.5) is 11.4 Å². The van der Waals surface area contributed by atoms with E-state index in [1.54, 1.807) is 4.90 Å². The van der Waals surface area contributed by atoms with Crippen molar-refractivity contribution in [3.8, 4) is 0 Å². The lowest BCUT2D eigenvalue weighted by molar-refractivity contribution is -0.122. The maximum atomic E-state index is 12.5. The van der Waals surface area contributed by atoms with Crippen molar-refractivity contribution in [2.75, 3.05) is 16.8 Å². The number of carbonyl (C=O) groups is 2. The van der Waals surface area contributed by atoms with Crippen molar-refractivity contribution in [3.63, 3.8) is 0 Å². The molecule has 1 unspecified atom stereocenters. The molecule has 5 heteroatoms. The average Bonchev–Trinajstić information content (AvgIpc) is 2.89. The summed E-state index contributed by atoms with van der Waals surface area (Å²) >= 11 is 3.39. The van der Waals surface area contributed by atoms with E-state index in [0.29, 0.717) is 6.54 Å². The Bertz CT molecular complexity index is 766. The van der Waals surface area contributed by atoms with Gasteiger partial charge in [0, 0.05) is 28.8 Å². The molecular weight excluding hydrogens is 368 g/mol. The van der Waals surface area contributed by atoms with E-state index < -0.39 is 0 Å². The topological polar surface area (TPSA) is 49.4 Å². The Morgan fingerprint density at radius 1 is 1.12 bits per heavy atom. The van der Waals surface area contributed by atoms with Crippen LogP contribution in [0.25, 0.3) is 0 Å². The van der Waals surface area contributed by atoms with Crippen molar-refractivity contribution in [2.45, 2.75) is 20.3 Å². The van der Waals surface area contributed by atoms with E-state index in [1.165, 1.54) is 0 Å². The number of rotatable bonds is 3. The summed E-state index contributed by atoms with van der Waals surface area (Å²) in [6.07, 6.45) is 0.243. The minimum Gasteiger partial charge on any atom is -0.326 e. The van der Waals surface area contributed by atoms with Crippen LogP contribution in [0.1, 0.15) is 17.5 Å². The molecule has 1 saturated heterocycles. The summed E-state index contributed by atoms with van der Waals surface area (Å²) in [5, 5.41) is 2.94.